The van der Waals surface area contributed by atoms with Crippen molar-refractivity contribution in [1.82, 2.24) is 0 Å². The van der Waals surface area contributed by atoms with Crippen LogP contribution in [-0.4, -0.2) is 0 Å². The highest BCUT2D eigenvalue weighted by Crippen LogP contribution is 2.29. The van der Waals surface area contributed by atoms with Gasteiger partial charge in [-0.3, -0.25) is 0 Å². The molecule has 0 saturated carbocycles. The van der Waals surface area contributed by atoms with Crippen molar-refractivity contribution in [1.29, 1.82) is 0 Å². The second kappa shape index (κ2) is 2.55. The monoisotopic (exact) mass is 176 g/mol. The predicted octanol–water partition coefficient (Wildman–Crippen LogP) is 3.32. The van der Waals surface area contributed by atoms with Crippen LogP contribution < -0.4 is 0 Å². The van der Waals surface area contributed by atoms with Crippen molar-refractivity contribution in [3.05, 3.63) is 21.9 Å². The Morgan fingerprint density at radius 2 is 1.82 bits per heavy atom. The molecule has 62 valence electrons. The molecular weight excluding hydrogens is 166 g/mol. The Balaban J connectivity index is 3.15. The molecule has 0 aromatic carbocycles. The summed E-state index contributed by atoms with van der Waals surface area (Å²) >= 11 is 0.816. The fraction of sp³-hybridized carbons (Fsp3) is 0.500. The highest BCUT2D eigenvalue weighted by molar-refractivity contribution is 7.08. The average molecular weight is 176 g/mol. The van der Waals surface area contributed by atoms with Crippen molar-refractivity contribution < 1.29 is 8.78 Å². The molecule has 0 bridgehead atoms. The van der Waals surface area contributed by atoms with Crippen molar-refractivity contribution in [2.24, 2.45) is 0 Å². The van der Waals surface area contributed by atoms with Crippen LogP contribution in [0, 0.1) is 10.9 Å². The van der Waals surface area contributed by atoms with Gasteiger partial charge in [-0.25, -0.2) is 4.39 Å². The van der Waals surface area contributed by atoms with Crippen LogP contribution in [-0.2, 0) is 5.41 Å². The first kappa shape index (κ1) is 8.65. The van der Waals surface area contributed by atoms with Gasteiger partial charge in [-0.2, -0.15) is 4.39 Å². The standard InChI is InChI=1S/C8H10F2S/c1-8(2,3)5-4-11-7(10)6(5)9/h4H,1-3H3. The molecule has 11 heavy (non-hydrogen) atoms. The van der Waals surface area contributed by atoms with Gasteiger partial charge in [-0.05, 0) is 5.41 Å². The Morgan fingerprint density at radius 3 is 2.00 bits per heavy atom. The molecule has 0 aliphatic rings. The van der Waals surface area contributed by atoms with Gasteiger partial charge >= 0.3 is 0 Å². The normalized spacial score (nSPS) is 12.1. The third-order valence-electron chi connectivity index (χ3n) is 1.50. The molecule has 0 spiro atoms. The molecule has 0 radical (unpaired) electrons. The molecule has 3 heteroatoms. The number of rotatable bonds is 0. The number of halogens is 2. The van der Waals surface area contributed by atoms with E-state index in [1.165, 1.54) is 5.38 Å². The van der Waals surface area contributed by atoms with Crippen molar-refractivity contribution >= 4 is 11.3 Å². The van der Waals surface area contributed by atoms with Crippen molar-refractivity contribution in [2.45, 2.75) is 26.2 Å². The maximum absolute atomic E-state index is 12.9. The smallest absolute Gasteiger partial charge is 0.202 e. The van der Waals surface area contributed by atoms with Crippen molar-refractivity contribution in [3.8, 4) is 0 Å². The maximum Gasteiger partial charge on any atom is 0.212 e. The minimum atomic E-state index is -0.713. The minimum Gasteiger partial charge on any atom is -0.202 e. The van der Waals surface area contributed by atoms with Gasteiger partial charge in [-0.1, -0.05) is 20.8 Å². The average Bonchev–Trinajstić information content (AvgIpc) is 2.11. The summed E-state index contributed by atoms with van der Waals surface area (Å²) in [4.78, 5) is 0. The van der Waals surface area contributed by atoms with E-state index in [0.29, 0.717) is 5.56 Å². The molecule has 0 saturated heterocycles. The Bertz CT molecular complexity index is 258. The maximum atomic E-state index is 12.9. The molecule has 0 fully saturated rings. The number of thiophene rings is 1. The molecule has 0 aliphatic heterocycles. The molecule has 0 atom stereocenters. The largest absolute Gasteiger partial charge is 0.212 e. The molecule has 0 N–H and O–H groups in total. The van der Waals surface area contributed by atoms with E-state index in [1.807, 2.05) is 20.8 Å². The van der Waals surface area contributed by atoms with Crippen molar-refractivity contribution in [2.75, 3.05) is 0 Å². The fourth-order valence-electron chi connectivity index (χ4n) is 0.826. The van der Waals surface area contributed by atoms with E-state index in [2.05, 4.69) is 0 Å². The van der Waals surface area contributed by atoms with Crippen LogP contribution in [0.1, 0.15) is 26.3 Å². The lowest BCUT2D eigenvalue weighted by atomic mass is 9.89. The van der Waals surface area contributed by atoms with Crippen molar-refractivity contribution in [3.63, 3.8) is 0 Å². The third-order valence-corrected chi connectivity index (χ3v) is 2.24. The summed E-state index contributed by atoms with van der Waals surface area (Å²) in [5.41, 5.74) is 0.158. The Kier molecular flexibility index (Phi) is 2.01. The Morgan fingerprint density at radius 1 is 1.27 bits per heavy atom. The summed E-state index contributed by atoms with van der Waals surface area (Å²) < 4.78 is 25.4. The van der Waals surface area contributed by atoms with Crippen LogP contribution >= 0.6 is 11.3 Å². The quantitative estimate of drug-likeness (QED) is 0.568. The third kappa shape index (κ3) is 1.59. The zero-order chi connectivity index (χ0) is 8.65. The molecular formula is C8H10F2S. The summed E-state index contributed by atoms with van der Waals surface area (Å²) in [6, 6.07) is 0. The molecule has 0 unspecified atom stereocenters. The van der Waals surface area contributed by atoms with Gasteiger partial charge in [0.25, 0.3) is 0 Å². The first-order valence-corrected chi connectivity index (χ1v) is 4.24. The zero-order valence-corrected chi connectivity index (χ0v) is 7.56. The first-order chi connectivity index (χ1) is 4.93. The van der Waals surface area contributed by atoms with Gasteiger partial charge in [0, 0.05) is 10.9 Å². The number of hydrogen-bond donors (Lipinski definition) is 0. The summed E-state index contributed by atoms with van der Waals surface area (Å²) in [5, 5.41) is 0.819. The van der Waals surface area contributed by atoms with Crippen LogP contribution in [0.5, 0.6) is 0 Å². The second-order valence-electron chi connectivity index (χ2n) is 3.49. The summed E-state index contributed by atoms with van der Waals surface area (Å²) in [7, 11) is 0. The van der Waals surface area contributed by atoms with E-state index in [9.17, 15) is 8.78 Å². The van der Waals surface area contributed by atoms with Gasteiger partial charge in [0.1, 0.15) is 0 Å². The van der Waals surface area contributed by atoms with E-state index < -0.39 is 10.9 Å². The Hall–Kier alpha value is -0.440. The molecule has 0 aliphatic carbocycles. The zero-order valence-electron chi connectivity index (χ0n) is 6.74. The summed E-state index contributed by atoms with van der Waals surface area (Å²) in [5.74, 6) is -0.692. The number of hydrogen-bond acceptors (Lipinski definition) is 1. The lowest BCUT2D eigenvalue weighted by Gasteiger charge is -2.16. The second-order valence-corrected chi connectivity index (χ2v) is 4.32. The van der Waals surface area contributed by atoms with E-state index in [-0.39, 0.29) is 5.41 Å². The highest BCUT2D eigenvalue weighted by Gasteiger charge is 2.22. The van der Waals surface area contributed by atoms with E-state index >= 15 is 0 Å². The minimum absolute atomic E-state index is 0.301. The molecule has 1 aromatic rings. The Labute approximate surface area is 68.9 Å². The summed E-state index contributed by atoms with van der Waals surface area (Å²) in [6.45, 7) is 5.58. The topological polar surface area (TPSA) is 0 Å². The van der Waals surface area contributed by atoms with Crippen LogP contribution in [0.15, 0.2) is 5.38 Å². The van der Waals surface area contributed by atoms with Gasteiger partial charge < -0.3 is 0 Å². The first-order valence-electron chi connectivity index (χ1n) is 3.36. The van der Waals surface area contributed by atoms with E-state index in [4.69, 9.17) is 0 Å². The lowest BCUT2D eigenvalue weighted by molar-refractivity contribution is 0.483. The van der Waals surface area contributed by atoms with E-state index in [0.717, 1.165) is 11.3 Å². The molecule has 0 amide bonds. The van der Waals surface area contributed by atoms with Gasteiger partial charge in [0.15, 0.2) is 5.82 Å². The van der Waals surface area contributed by atoms with E-state index in [1.54, 1.807) is 0 Å². The van der Waals surface area contributed by atoms with Crippen LogP contribution in [0.2, 0.25) is 0 Å². The SMILES string of the molecule is CC(C)(C)c1csc(F)c1F. The van der Waals surface area contributed by atoms with Gasteiger partial charge in [0.05, 0.1) is 0 Å². The van der Waals surface area contributed by atoms with Gasteiger partial charge in [0.2, 0.25) is 5.13 Å². The fourth-order valence-corrected chi connectivity index (χ4v) is 1.72. The van der Waals surface area contributed by atoms with Crippen LogP contribution in [0.4, 0.5) is 8.78 Å². The lowest BCUT2D eigenvalue weighted by Crippen LogP contribution is -2.11. The summed E-state index contributed by atoms with van der Waals surface area (Å²) in [6.07, 6.45) is 0. The van der Waals surface area contributed by atoms with Crippen LogP contribution in [0.25, 0.3) is 0 Å². The molecule has 1 aromatic heterocycles. The molecule has 0 nitrogen and oxygen atoms in total. The predicted molar refractivity (Wildman–Crippen MR) is 42.9 cm³/mol. The molecule has 1 rings (SSSR count). The van der Waals surface area contributed by atoms with Gasteiger partial charge in [-0.15, -0.1) is 11.3 Å². The van der Waals surface area contributed by atoms with Crippen LogP contribution in [0.3, 0.4) is 0 Å². The highest BCUT2D eigenvalue weighted by atomic mass is 32.1. The molecule has 1 heterocycles.